The molecule has 0 radical (unpaired) electrons. The van der Waals surface area contributed by atoms with Gasteiger partial charge in [-0.3, -0.25) is 0 Å². The molecule has 1 aromatic heterocycles. The smallest absolute Gasteiger partial charge is 0.133 e. The van der Waals surface area contributed by atoms with E-state index in [9.17, 15) is 0 Å². The van der Waals surface area contributed by atoms with Crippen LogP contribution in [-0.2, 0) is 6.42 Å². The maximum absolute atomic E-state index is 5.34. The van der Waals surface area contributed by atoms with Gasteiger partial charge in [-0.25, -0.2) is 4.98 Å². The molecule has 3 heteroatoms. The topological polar surface area (TPSA) is 28.7 Å². The van der Waals surface area contributed by atoms with Crippen molar-refractivity contribution in [3.63, 3.8) is 0 Å². The van der Waals surface area contributed by atoms with E-state index in [0.29, 0.717) is 4.64 Å². The summed E-state index contributed by atoms with van der Waals surface area (Å²) in [6, 6.07) is 6.35. The first-order valence-corrected chi connectivity index (χ1v) is 6.61. The fourth-order valence-corrected chi connectivity index (χ4v) is 2.25. The number of nitrogens with one attached hydrogen (secondary N) is 1. The Morgan fingerprint density at radius 3 is 2.56 bits per heavy atom. The molecule has 94 valence electrons. The van der Waals surface area contributed by atoms with Crippen molar-refractivity contribution in [2.24, 2.45) is 0 Å². The Hall–Kier alpha value is -1.48. The van der Waals surface area contributed by atoms with Gasteiger partial charge in [0, 0.05) is 17.5 Å². The summed E-state index contributed by atoms with van der Waals surface area (Å²) < 4.78 is 0.696. The summed E-state index contributed by atoms with van der Waals surface area (Å²) >= 11 is 5.34. The van der Waals surface area contributed by atoms with Gasteiger partial charge in [0.25, 0.3) is 0 Å². The summed E-state index contributed by atoms with van der Waals surface area (Å²) in [5, 5.41) is 0. The van der Waals surface area contributed by atoms with Crippen molar-refractivity contribution in [3.05, 3.63) is 45.4 Å². The van der Waals surface area contributed by atoms with Crippen molar-refractivity contribution in [1.82, 2.24) is 9.97 Å². The minimum atomic E-state index is 0.696. The molecule has 0 saturated heterocycles. The minimum Gasteiger partial charge on any atom is -0.343 e. The van der Waals surface area contributed by atoms with Gasteiger partial charge in [-0.1, -0.05) is 37.3 Å². The number of aromatic amines is 1. The van der Waals surface area contributed by atoms with Crippen LogP contribution in [0.2, 0.25) is 0 Å². The van der Waals surface area contributed by atoms with Crippen LogP contribution in [0.1, 0.15) is 29.4 Å². The quantitative estimate of drug-likeness (QED) is 0.814. The molecule has 1 N–H and O–H groups in total. The minimum absolute atomic E-state index is 0.696. The molecule has 2 aromatic rings. The van der Waals surface area contributed by atoms with E-state index in [4.69, 9.17) is 12.2 Å². The molecule has 1 aromatic carbocycles. The van der Waals surface area contributed by atoms with Crippen molar-refractivity contribution in [3.8, 4) is 11.3 Å². The third-order valence-electron chi connectivity index (χ3n) is 3.41. The summed E-state index contributed by atoms with van der Waals surface area (Å²) in [6.45, 7) is 8.38. The molecule has 0 saturated carbocycles. The molecular formula is C15H18N2S. The molecule has 1 heterocycles. The standard InChI is InChI=1S/C15H18N2S/c1-5-13-16-14(11(4)15(18)17-13)12-8-6-7-9(2)10(12)3/h6-8H,5H2,1-4H3,(H,16,17,18). The number of benzene rings is 1. The molecular weight excluding hydrogens is 240 g/mol. The van der Waals surface area contributed by atoms with Gasteiger partial charge < -0.3 is 4.98 Å². The van der Waals surface area contributed by atoms with E-state index in [1.54, 1.807) is 0 Å². The average molecular weight is 258 g/mol. The van der Waals surface area contributed by atoms with Crippen molar-refractivity contribution in [2.45, 2.75) is 34.1 Å². The molecule has 2 rings (SSSR count). The van der Waals surface area contributed by atoms with Crippen LogP contribution in [0.3, 0.4) is 0 Å². The highest BCUT2D eigenvalue weighted by atomic mass is 32.1. The summed E-state index contributed by atoms with van der Waals surface area (Å²) in [4.78, 5) is 7.80. The maximum Gasteiger partial charge on any atom is 0.133 e. The van der Waals surface area contributed by atoms with Crippen LogP contribution in [0.15, 0.2) is 18.2 Å². The third kappa shape index (κ3) is 2.23. The molecule has 2 nitrogen and oxygen atoms in total. The SMILES string of the molecule is CCc1nc(=S)c(C)c(-c2cccc(C)c2C)[nH]1. The van der Waals surface area contributed by atoms with Crippen LogP contribution in [0, 0.1) is 25.4 Å². The van der Waals surface area contributed by atoms with Gasteiger partial charge in [0.2, 0.25) is 0 Å². The molecule has 0 aliphatic heterocycles. The summed E-state index contributed by atoms with van der Waals surface area (Å²) in [6.07, 6.45) is 0.863. The molecule has 0 amide bonds. The van der Waals surface area contributed by atoms with Gasteiger partial charge in [-0.15, -0.1) is 0 Å². The van der Waals surface area contributed by atoms with E-state index >= 15 is 0 Å². The summed E-state index contributed by atoms with van der Waals surface area (Å²) in [7, 11) is 0. The Bertz CT molecular complexity index is 641. The maximum atomic E-state index is 5.34. The first-order chi connectivity index (χ1) is 8.54. The van der Waals surface area contributed by atoms with Gasteiger partial charge in [-0.05, 0) is 31.9 Å². The lowest BCUT2D eigenvalue weighted by atomic mass is 9.99. The monoisotopic (exact) mass is 258 g/mol. The van der Waals surface area contributed by atoms with E-state index in [0.717, 1.165) is 23.5 Å². The van der Waals surface area contributed by atoms with Gasteiger partial charge in [0.1, 0.15) is 10.5 Å². The molecule has 0 aliphatic rings. The lowest BCUT2D eigenvalue weighted by Gasteiger charge is -2.12. The molecule has 0 atom stereocenters. The Labute approximate surface area is 113 Å². The Balaban J connectivity index is 2.74. The van der Waals surface area contributed by atoms with Crippen LogP contribution in [0.5, 0.6) is 0 Å². The van der Waals surface area contributed by atoms with Crippen LogP contribution >= 0.6 is 12.2 Å². The number of nitrogens with zero attached hydrogens (tertiary/aromatic N) is 1. The predicted molar refractivity (Wildman–Crippen MR) is 78.4 cm³/mol. The van der Waals surface area contributed by atoms with Gasteiger partial charge >= 0.3 is 0 Å². The zero-order valence-electron chi connectivity index (χ0n) is 11.3. The second-order valence-electron chi connectivity index (χ2n) is 4.59. The Morgan fingerprint density at radius 2 is 1.89 bits per heavy atom. The molecule has 0 aliphatic carbocycles. The van der Waals surface area contributed by atoms with Gasteiger partial charge in [0.15, 0.2) is 0 Å². The first-order valence-electron chi connectivity index (χ1n) is 6.21. The third-order valence-corrected chi connectivity index (χ3v) is 3.81. The van der Waals surface area contributed by atoms with E-state index in [-0.39, 0.29) is 0 Å². The lowest BCUT2D eigenvalue weighted by molar-refractivity contribution is 0.925. The zero-order valence-corrected chi connectivity index (χ0v) is 12.1. The lowest BCUT2D eigenvalue weighted by Crippen LogP contribution is -2.00. The largest absolute Gasteiger partial charge is 0.343 e. The number of aromatic nitrogens is 2. The summed E-state index contributed by atoms with van der Waals surface area (Å²) in [5.74, 6) is 0.946. The Morgan fingerprint density at radius 1 is 1.17 bits per heavy atom. The van der Waals surface area contributed by atoms with Crippen molar-refractivity contribution in [1.29, 1.82) is 0 Å². The van der Waals surface area contributed by atoms with Crippen LogP contribution in [-0.4, -0.2) is 9.97 Å². The predicted octanol–water partition coefficient (Wildman–Crippen LogP) is 4.29. The van der Waals surface area contributed by atoms with E-state index in [1.165, 1.54) is 16.7 Å². The highest BCUT2D eigenvalue weighted by Gasteiger charge is 2.09. The number of H-pyrrole nitrogens is 1. The molecule has 0 spiro atoms. The fourth-order valence-electron chi connectivity index (χ4n) is 2.04. The zero-order chi connectivity index (χ0) is 13.3. The van der Waals surface area contributed by atoms with E-state index < -0.39 is 0 Å². The number of hydrogen-bond donors (Lipinski definition) is 1. The second kappa shape index (κ2) is 5.02. The number of hydrogen-bond acceptors (Lipinski definition) is 2. The van der Waals surface area contributed by atoms with Crippen LogP contribution in [0.25, 0.3) is 11.3 Å². The first kappa shape index (κ1) is 13.0. The van der Waals surface area contributed by atoms with E-state index in [1.807, 2.05) is 6.92 Å². The second-order valence-corrected chi connectivity index (χ2v) is 4.98. The van der Waals surface area contributed by atoms with Gasteiger partial charge in [-0.2, -0.15) is 0 Å². The molecule has 0 unspecified atom stereocenters. The Kier molecular flexibility index (Phi) is 3.62. The van der Waals surface area contributed by atoms with Gasteiger partial charge in [0.05, 0.1) is 5.69 Å². The van der Waals surface area contributed by atoms with Crippen LogP contribution in [0.4, 0.5) is 0 Å². The average Bonchev–Trinajstić information content (AvgIpc) is 2.36. The number of rotatable bonds is 2. The molecule has 18 heavy (non-hydrogen) atoms. The summed E-state index contributed by atoms with van der Waals surface area (Å²) in [5.41, 5.74) is 5.96. The highest BCUT2D eigenvalue weighted by molar-refractivity contribution is 7.71. The number of aryl methyl sites for hydroxylation is 2. The highest BCUT2D eigenvalue weighted by Crippen LogP contribution is 2.26. The molecule has 0 bridgehead atoms. The van der Waals surface area contributed by atoms with Crippen molar-refractivity contribution in [2.75, 3.05) is 0 Å². The van der Waals surface area contributed by atoms with Crippen molar-refractivity contribution < 1.29 is 0 Å². The molecule has 0 fully saturated rings. The van der Waals surface area contributed by atoms with Crippen LogP contribution < -0.4 is 0 Å². The normalized spacial score (nSPS) is 10.7. The fraction of sp³-hybridized carbons (Fsp3) is 0.333. The van der Waals surface area contributed by atoms with Crippen molar-refractivity contribution >= 4 is 12.2 Å². The van der Waals surface area contributed by atoms with E-state index in [2.05, 4.69) is 48.9 Å².